The van der Waals surface area contributed by atoms with Gasteiger partial charge in [0.25, 0.3) is 0 Å². The largest absolute Gasteiger partial charge is 0.318 e. The Morgan fingerprint density at radius 3 is 2.29 bits per heavy atom. The normalized spacial score (nSPS) is 26.5. The smallest absolute Gasteiger partial charge is 0.0143 e. The lowest BCUT2D eigenvalue weighted by Crippen LogP contribution is -2.54. The minimum absolute atomic E-state index is 0.779. The Bertz CT molecular complexity index is 207. The molecule has 2 aliphatic rings. The second-order valence-corrected chi connectivity index (χ2v) is 5.25. The van der Waals surface area contributed by atoms with Gasteiger partial charge in [-0.2, -0.15) is 0 Å². The molecular weight excluding hydrogens is 214 g/mol. The van der Waals surface area contributed by atoms with Crippen LogP contribution in [0, 0.1) is 0 Å². The Morgan fingerprint density at radius 2 is 1.71 bits per heavy atom. The van der Waals surface area contributed by atoms with E-state index in [2.05, 4.69) is 15.1 Å². The molecule has 5 heteroatoms. The molecule has 2 fully saturated rings. The minimum Gasteiger partial charge on any atom is -0.318 e. The summed E-state index contributed by atoms with van der Waals surface area (Å²) >= 11 is 0. The molecular formula is C12H27N5. The average molecular weight is 241 g/mol. The van der Waals surface area contributed by atoms with Crippen LogP contribution in [-0.4, -0.2) is 80.3 Å². The zero-order valence-electron chi connectivity index (χ0n) is 11.1. The number of hydrogen-bond acceptors (Lipinski definition) is 5. The third kappa shape index (κ3) is 3.89. The van der Waals surface area contributed by atoms with Crippen molar-refractivity contribution < 1.29 is 0 Å². The summed E-state index contributed by atoms with van der Waals surface area (Å²) < 4.78 is 0. The van der Waals surface area contributed by atoms with E-state index in [0.717, 1.165) is 25.7 Å². The lowest BCUT2D eigenvalue weighted by Gasteiger charge is -2.42. The standard InChI is InChI=1S/C12H27N5/c1-14-4-7-15-8-10-16(11-9-15)12-2-5-17(13)6-3-12/h12,14H,2-11,13H2,1H3. The van der Waals surface area contributed by atoms with Crippen LogP contribution in [0.4, 0.5) is 0 Å². The Balaban J connectivity index is 1.68. The van der Waals surface area contributed by atoms with E-state index in [4.69, 9.17) is 5.84 Å². The van der Waals surface area contributed by atoms with Crippen LogP contribution in [0.5, 0.6) is 0 Å². The fourth-order valence-corrected chi connectivity index (χ4v) is 2.87. The van der Waals surface area contributed by atoms with Gasteiger partial charge in [0, 0.05) is 58.4 Å². The van der Waals surface area contributed by atoms with Crippen LogP contribution >= 0.6 is 0 Å². The van der Waals surface area contributed by atoms with E-state index in [1.54, 1.807) is 0 Å². The van der Waals surface area contributed by atoms with E-state index in [1.807, 2.05) is 12.1 Å². The van der Waals surface area contributed by atoms with Crippen molar-refractivity contribution in [2.45, 2.75) is 18.9 Å². The summed E-state index contributed by atoms with van der Waals surface area (Å²) in [4.78, 5) is 5.23. The second kappa shape index (κ2) is 6.66. The molecule has 0 atom stereocenters. The van der Waals surface area contributed by atoms with Gasteiger partial charge in [-0.1, -0.05) is 0 Å². The summed E-state index contributed by atoms with van der Waals surface area (Å²) in [5.41, 5.74) is 0. The molecule has 2 heterocycles. The van der Waals surface area contributed by atoms with Crippen LogP contribution in [0.2, 0.25) is 0 Å². The van der Waals surface area contributed by atoms with Crippen LogP contribution in [0.3, 0.4) is 0 Å². The molecule has 0 spiro atoms. The van der Waals surface area contributed by atoms with E-state index in [-0.39, 0.29) is 0 Å². The van der Waals surface area contributed by atoms with E-state index in [1.165, 1.54) is 45.6 Å². The lowest BCUT2D eigenvalue weighted by atomic mass is 10.0. The molecule has 0 bridgehead atoms. The van der Waals surface area contributed by atoms with Crippen LogP contribution in [0.1, 0.15) is 12.8 Å². The van der Waals surface area contributed by atoms with Crippen molar-refractivity contribution in [2.75, 3.05) is 59.4 Å². The van der Waals surface area contributed by atoms with E-state index in [0.29, 0.717) is 0 Å². The summed E-state index contributed by atoms with van der Waals surface area (Å²) in [6.07, 6.45) is 2.49. The summed E-state index contributed by atoms with van der Waals surface area (Å²) in [7, 11) is 2.02. The molecule has 0 unspecified atom stereocenters. The lowest BCUT2D eigenvalue weighted by molar-refractivity contribution is 0.0598. The predicted molar refractivity (Wildman–Crippen MR) is 70.7 cm³/mol. The van der Waals surface area contributed by atoms with Crippen molar-refractivity contribution in [3.8, 4) is 0 Å². The number of nitrogens with zero attached hydrogens (tertiary/aromatic N) is 3. The summed E-state index contributed by atoms with van der Waals surface area (Å²) in [6, 6.07) is 0.779. The Kier molecular flexibility index (Phi) is 5.18. The van der Waals surface area contributed by atoms with Crippen molar-refractivity contribution in [3.05, 3.63) is 0 Å². The van der Waals surface area contributed by atoms with Crippen molar-refractivity contribution in [1.82, 2.24) is 20.1 Å². The molecule has 2 saturated heterocycles. The third-order valence-corrected chi connectivity index (χ3v) is 4.10. The van der Waals surface area contributed by atoms with Crippen molar-refractivity contribution in [3.63, 3.8) is 0 Å². The minimum atomic E-state index is 0.779. The molecule has 17 heavy (non-hydrogen) atoms. The van der Waals surface area contributed by atoms with Crippen LogP contribution in [0.15, 0.2) is 0 Å². The zero-order valence-corrected chi connectivity index (χ0v) is 11.1. The second-order valence-electron chi connectivity index (χ2n) is 5.25. The predicted octanol–water partition coefficient (Wildman–Crippen LogP) is -0.838. The fraction of sp³-hybridized carbons (Fsp3) is 1.00. The first-order valence-electron chi connectivity index (χ1n) is 6.90. The van der Waals surface area contributed by atoms with Gasteiger partial charge in [0.05, 0.1) is 0 Å². The zero-order chi connectivity index (χ0) is 12.1. The number of piperidine rings is 1. The van der Waals surface area contributed by atoms with E-state index >= 15 is 0 Å². The van der Waals surface area contributed by atoms with Gasteiger partial charge < -0.3 is 5.32 Å². The molecule has 0 radical (unpaired) electrons. The van der Waals surface area contributed by atoms with Gasteiger partial charge in [-0.05, 0) is 19.9 Å². The number of hydrogen-bond donors (Lipinski definition) is 2. The highest BCUT2D eigenvalue weighted by Gasteiger charge is 2.26. The Labute approximate surface area is 105 Å². The Hall–Kier alpha value is -0.200. The van der Waals surface area contributed by atoms with E-state index in [9.17, 15) is 0 Å². The monoisotopic (exact) mass is 241 g/mol. The summed E-state index contributed by atoms with van der Waals surface area (Å²) in [5.74, 6) is 5.80. The number of likely N-dealkylation sites (N-methyl/N-ethyl adjacent to an activating group) is 1. The molecule has 2 rings (SSSR count). The first kappa shape index (κ1) is 13.2. The molecule has 0 aromatic carbocycles. The highest BCUT2D eigenvalue weighted by molar-refractivity contribution is 4.82. The van der Waals surface area contributed by atoms with Crippen LogP contribution < -0.4 is 11.2 Å². The number of nitrogens with two attached hydrogens (primary N) is 1. The average Bonchev–Trinajstić information content (AvgIpc) is 2.38. The van der Waals surface area contributed by atoms with Crippen molar-refractivity contribution in [2.24, 2.45) is 5.84 Å². The molecule has 5 nitrogen and oxygen atoms in total. The third-order valence-electron chi connectivity index (χ3n) is 4.10. The maximum Gasteiger partial charge on any atom is 0.0143 e. The summed E-state index contributed by atoms with van der Waals surface area (Å²) in [5, 5.41) is 5.18. The van der Waals surface area contributed by atoms with Gasteiger partial charge in [0.1, 0.15) is 0 Å². The van der Waals surface area contributed by atoms with Crippen molar-refractivity contribution >= 4 is 0 Å². The topological polar surface area (TPSA) is 47.8 Å². The first-order valence-corrected chi connectivity index (χ1v) is 6.90. The molecule has 0 aliphatic carbocycles. The highest BCUT2D eigenvalue weighted by atomic mass is 15.4. The molecule has 2 aliphatic heterocycles. The van der Waals surface area contributed by atoms with Gasteiger partial charge in [0.15, 0.2) is 0 Å². The Morgan fingerprint density at radius 1 is 1.06 bits per heavy atom. The molecule has 0 aromatic heterocycles. The summed E-state index contributed by atoms with van der Waals surface area (Å²) in [6.45, 7) is 9.33. The number of nitrogens with one attached hydrogen (secondary N) is 1. The molecule has 0 aromatic rings. The van der Waals surface area contributed by atoms with Gasteiger partial charge in [-0.15, -0.1) is 0 Å². The molecule has 100 valence electrons. The quantitative estimate of drug-likeness (QED) is 0.629. The maximum atomic E-state index is 5.80. The molecule has 0 amide bonds. The SMILES string of the molecule is CNCCN1CCN(C2CCN(N)CC2)CC1. The molecule has 3 N–H and O–H groups in total. The van der Waals surface area contributed by atoms with Crippen LogP contribution in [0.25, 0.3) is 0 Å². The number of piperazine rings is 1. The van der Waals surface area contributed by atoms with Crippen LogP contribution in [-0.2, 0) is 0 Å². The van der Waals surface area contributed by atoms with Crippen molar-refractivity contribution in [1.29, 1.82) is 0 Å². The van der Waals surface area contributed by atoms with Gasteiger partial charge in [-0.3, -0.25) is 15.6 Å². The van der Waals surface area contributed by atoms with Gasteiger partial charge >= 0.3 is 0 Å². The highest BCUT2D eigenvalue weighted by Crippen LogP contribution is 2.16. The van der Waals surface area contributed by atoms with Gasteiger partial charge in [0.2, 0.25) is 0 Å². The van der Waals surface area contributed by atoms with E-state index < -0.39 is 0 Å². The molecule has 0 saturated carbocycles. The van der Waals surface area contributed by atoms with Gasteiger partial charge in [-0.25, -0.2) is 5.01 Å². The fourth-order valence-electron chi connectivity index (χ4n) is 2.87. The number of rotatable bonds is 4. The maximum absolute atomic E-state index is 5.80. The number of hydrazine groups is 1. The first-order chi connectivity index (χ1) is 8.29.